The Labute approximate surface area is 190 Å². The van der Waals surface area contributed by atoms with Gasteiger partial charge in [-0.15, -0.1) is 6.42 Å². The first kappa shape index (κ1) is 22.0. The van der Waals surface area contributed by atoms with Crippen LogP contribution in [0.2, 0.25) is 19.6 Å². The SMILES string of the molecule is C#C[C@]1(C(C)O[Si](C)(C)C)CC[C@H]2[C@@H]3CCC4=C(CCC5(C4)OCCO5)C3=CC[C@@]21C. The minimum absolute atomic E-state index is 0.124. The van der Waals surface area contributed by atoms with E-state index in [2.05, 4.69) is 45.5 Å². The summed E-state index contributed by atoms with van der Waals surface area (Å²) in [6.07, 6.45) is 18.0. The molecule has 170 valence electrons. The third kappa shape index (κ3) is 3.26. The van der Waals surface area contributed by atoms with Crippen molar-refractivity contribution in [2.24, 2.45) is 22.7 Å². The van der Waals surface area contributed by atoms with Crippen LogP contribution in [0.3, 0.4) is 0 Å². The third-order valence-electron chi connectivity index (χ3n) is 9.38. The molecule has 0 N–H and O–H groups in total. The van der Waals surface area contributed by atoms with Crippen molar-refractivity contribution in [1.29, 1.82) is 0 Å². The van der Waals surface area contributed by atoms with Gasteiger partial charge in [-0.2, -0.15) is 0 Å². The van der Waals surface area contributed by atoms with E-state index in [0.29, 0.717) is 11.8 Å². The van der Waals surface area contributed by atoms with Gasteiger partial charge in [0.1, 0.15) is 0 Å². The molecule has 2 fully saturated rings. The Morgan fingerprint density at radius 1 is 1.16 bits per heavy atom. The van der Waals surface area contributed by atoms with Crippen LogP contribution in [0.4, 0.5) is 0 Å². The van der Waals surface area contributed by atoms with Crippen LogP contribution >= 0.6 is 0 Å². The maximum absolute atomic E-state index is 6.64. The zero-order valence-electron chi connectivity index (χ0n) is 20.2. The first-order valence-corrected chi connectivity index (χ1v) is 15.9. The molecule has 1 heterocycles. The summed E-state index contributed by atoms with van der Waals surface area (Å²) in [5, 5.41) is 0. The minimum atomic E-state index is -1.66. The van der Waals surface area contributed by atoms with Gasteiger partial charge in [0.25, 0.3) is 0 Å². The summed E-state index contributed by atoms with van der Waals surface area (Å²) in [7, 11) is -1.66. The van der Waals surface area contributed by atoms with Crippen LogP contribution in [-0.4, -0.2) is 33.4 Å². The quantitative estimate of drug-likeness (QED) is 0.385. The van der Waals surface area contributed by atoms with Crippen LogP contribution in [0.15, 0.2) is 22.8 Å². The van der Waals surface area contributed by atoms with Gasteiger partial charge in [0.15, 0.2) is 14.1 Å². The topological polar surface area (TPSA) is 27.7 Å². The van der Waals surface area contributed by atoms with E-state index in [9.17, 15) is 0 Å². The summed E-state index contributed by atoms with van der Waals surface area (Å²) in [5.74, 6) is 4.36. The molecule has 0 radical (unpaired) electrons. The molecule has 4 aliphatic carbocycles. The second kappa shape index (κ2) is 7.32. The van der Waals surface area contributed by atoms with E-state index in [1.165, 1.54) is 19.3 Å². The van der Waals surface area contributed by atoms with Crippen LogP contribution < -0.4 is 0 Å². The summed E-state index contributed by atoms with van der Waals surface area (Å²) in [6, 6.07) is 0. The van der Waals surface area contributed by atoms with Crippen molar-refractivity contribution in [2.45, 2.75) is 96.7 Å². The molecular weight excluding hydrogens is 400 g/mol. The monoisotopic (exact) mass is 440 g/mol. The predicted molar refractivity (Wildman–Crippen MR) is 127 cm³/mol. The fourth-order valence-corrected chi connectivity index (χ4v) is 9.28. The van der Waals surface area contributed by atoms with Gasteiger partial charge in [-0.05, 0) is 93.5 Å². The fraction of sp³-hybridized carbons (Fsp3) is 0.778. The van der Waals surface area contributed by atoms with Gasteiger partial charge < -0.3 is 13.9 Å². The summed E-state index contributed by atoms with van der Waals surface area (Å²) in [6.45, 7) is 13.1. The van der Waals surface area contributed by atoms with Crippen molar-refractivity contribution in [3.8, 4) is 12.3 Å². The first-order chi connectivity index (χ1) is 14.6. The number of ether oxygens (including phenoxy) is 2. The van der Waals surface area contributed by atoms with Gasteiger partial charge in [0, 0.05) is 12.8 Å². The predicted octanol–water partition coefficient (Wildman–Crippen LogP) is 6.23. The van der Waals surface area contributed by atoms with E-state index in [1.807, 2.05) is 0 Å². The maximum atomic E-state index is 6.64. The van der Waals surface area contributed by atoms with Gasteiger partial charge in [-0.25, -0.2) is 0 Å². The van der Waals surface area contributed by atoms with Gasteiger partial charge in [-0.3, -0.25) is 0 Å². The number of fused-ring (bicyclic) bond motifs is 4. The van der Waals surface area contributed by atoms with Gasteiger partial charge in [0.2, 0.25) is 0 Å². The lowest BCUT2D eigenvalue weighted by atomic mass is 9.52. The van der Waals surface area contributed by atoms with E-state index in [4.69, 9.17) is 20.3 Å². The molecule has 0 bridgehead atoms. The number of terminal acetylenes is 1. The van der Waals surface area contributed by atoms with Crippen molar-refractivity contribution < 1.29 is 13.9 Å². The molecule has 4 heteroatoms. The van der Waals surface area contributed by atoms with E-state index in [-0.39, 0.29) is 22.7 Å². The van der Waals surface area contributed by atoms with E-state index in [1.54, 1.807) is 16.7 Å². The first-order valence-electron chi connectivity index (χ1n) is 12.5. The van der Waals surface area contributed by atoms with Gasteiger partial charge in [0.05, 0.1) is 24.7 Å². The smallest absolute Gasteiger partial charge is 0.184 e. The number of hydrogen-bond acceptors (Lipinski definition) is 3. The number of hydrogen-bond donors (Lipinski definition) is 0. The molecule has 1 spiro atoms. The Bertz CT molecular complexity index is 853. The van der Waals surface area contributed by atoms with E-state index >= 15 is 0 Å². The highest BCUT2D eigenvalue weighted by molar-refractivity contribution is 6.69. The normalized spacial score (nSPS) is 40.1. The summed E-state index contributed by atoms with van der Waals surface area (Å²) in [5.41, 5.74) is 4.88. The van der Waals surface area contributed by atoms with Gasteiger partial charge in [-0.1, -0.05) is 24.5 Å². The molecule has 1 unspecified atom stereocenters. The molecule has 5 aliphatic rings. The lowest BCUT2D eigenvalue weighted by Crippen LogP contribution is -2.51. The fourth-order valence-electron chi connectivity index (χ4n) is 8.02. The van der Waals surface area contributed by atoms with Crippen molar-refractivity contribution in [3.63, 3.8) is 0 Å². The number of allylic oxidation sites excluding steroid dienone is 3. The lowest BCUT2D eigenvalue weighted by molar-refractivity contribution is -0.164. The third-order valence-corrected chi connectivity index (χ3v) is 10.4. The highest BCUT2D eigenvalue weighted by Crippen LogP contribution is 2.67. The second-order valence-corrected chi connectivity index (χ2v) is 16.4. The van der Waals surface area contributed by atoms with Crippen molar-refractivity contribution >= 4 is 8.32 Å². The molecule has 0 aromatic carbocycles. The summed E-state index contributed by atoms with van der Waals surface area (Å²) >= 11 is 0. The highest BCUT2D eigenvalue weighted by atomic mass is 28.4. The van der Waals surface area contributed by atoms with Crippen LogP contribution in [-0.2, 0) is 13.9 Å². The molecular formula is C27H40O3Si. The Kier molecular flexibility index (Phi) is 5.18. The molecule has 3 nitrogen and oxygen atoms in total. The highest BCUT2D eigenvalue weighted by Gasteiger charge is 2.62. The molecule has 0 amide bonds. The summed E-state index contributed by atoms with van der Waals surface area (Å²) < 4.78 is 18.7. The Hall–Kier alpha value is -0.863. The zero-order chi connectivity index (χ0) is 22.1. The largest absolute Gasteiger partial charge is 0.413 e. The molecule has 1 aliphatic heterocycles. The summed E-state index contributed by atoms with van der Waals surface area (Å²) in [4.78, 5) is 0. The zero-order valence-corrected chi connectivity index (χ0v) is 21.2. The Morgan fingerprint density at radius 2 is 1.90 bits per heavy atom. The van der Waals surface area contributed by atoms with Crippen molar-refractivity contribution in [2.75, 3.05) is 13.2 Å². The van der Waals surface area contributed by atoms with Gasteiger partial charge >= 0.3 is 0 Å². The van der Waals surface area contributed by atoms with Crippen molar-refractivity contribution in [1.82, 2.24) is 0 Å². The van der Waals surface area contributed by atoms with Crippen LogP contribution in [0.5, 0.6) is 0 Å². The van der Waals surface area contributed by atoms with E-state index in [0.717, 1.165) is 45.3 Å². The molecule has 1 saturated carbocycles. The maximum Gasteiger partial charge on any atom is 0.184 e. The molecule has 31 heavy (non-hydrogen) atoms. The molecule has 5 atom stereocenters. The molecule has 5 rings (SSSR count). The van der Waals surface area contributed by atoms with Crippen molar-refractivity contribution in [3.05, 3.63) is 22.8 Å². The Balaban J connectivity index is 1.46. The minimum Gasteiger partial charge on any atom is -0.413 e. The number of rotatable bonds is 3. The standard InChI is InChI=1S/C27H40O3Si/c1-7-26(19(2)30-31(4,5)6)14-12-24-23-9-8-20-18-27(28-16-17-29-27)15-11-21(20)22(23)10-13-25(24,26)3/h1,10,19,23-24H,8-9,11-18H2,2-6H3/t19?,23-,24+,25+,26-/m1/s1. The molecule has 1 saturated heterocycles. The average molecular weight is 441 g/mol. The average Bonchev–Trinajstić information content (AvgIpc) is 3.28. The molecule has 0 aromatic heterocycles. The van der Waals surface area contributed by atoms with Crippen LogP contribution in [0, 0.1) is 35.0 Å². The lowest BCUT2D eigenvalue weighted by Gasteiger charge is -2.53. The molecule has 0 aromatic rings. The van der Waals surface area contributed by atoms with E-state index < -0.39 is 8.32 Å². The van der Waals surface area contributed by atoms with Crippen LogP contribution in [0.1, 0.15) is 65.2 Å². The van der Waals surface area contributed by atoms with Crippen LogP contribution in [0.25, 0.3) is 0 Å². The Morgan fingerprint density at radius 3 is 2.58 bits per heavy atom. The second-order valence-electron chi connectivity index (χ2n) is 11.9.